The van der Waals surface area contributed by atoms with Crippen LogP contribution in [-0.4, -0.2) is 54.6 Å². The van der Waals surface area contributed by atoms with Crippen LogP contribution in [0.4, 0.5) is 10.3 Å². The highest BCUT2D eigenvalue weighted by atomic mass is 32.1. The predicted octanol–water partition coefficient (Wildman–Crippen LogP) is 3.26. The van der Waals surface area contributed by atoms with E-state index in [2.05, 4.69) is 31.0 Å². The van der Waals surface area contributed by atoms with Gasteiger partial charge in [-0.2, -0.15) is 27.0 Å². The van der Waals surface area contributed by atoms with Gasteiger partial charge in [-0.05, 0) is 24.0 Å². The second-order valence-corrected chi connectivity index (χ2v) is 10.7. The van der Waals surface area contributed by atoms with Crippen molar-refractivity contribution >= 4 is 71.7 Å². The summed E-state index contributed by atoms with van der Waals surface area (Å²) in [6.45, 7) is 0. The number of nitrogens with zero attached hydrogens (tertiary/aromatic N) is 4. The predicted molar refractivity (Wildman–Crippen MR) is 167 cm³/mol. The number of hydrogen-bond donors (Lipinski definition) is 4. The summed E-state index contributed by atoms with van der Waals surface area (Å²) in [6, 6.07) is 18.6. The van der Waals surface area contributed by atoms with Gasteiger partial charge in [0.15, 0.2) is 0 Å². The first-order valence-corrected chi connectivity index (χ1v) is 13.8. The second kappa shape index (κ2) is 17.0. The van der Waals surface area contributed by atoms with Gasteiger partial charge in [0.1, 0.15) is 22.2 Å². The number of benzene rings is 2. The van der Waals surface area contributed by atoms with Gasteiger partial charge in [0.05, 0.1) is 0 Å². The lowest BCUT2D eigenvalue weighted by molar-refractivity contribution is -0.124. The molecule has 2 aromatic heterocycles. The standard InChI is InChI=1S/C26H28N6O4S2.2H2S/c33-19(15-17-9-3-1-4-10-17)23(35)27-25-31-29-21(37-25)13-7-8-14-22-30-32-26(38-22)28-24(36)20(34)16-18-11-5-2-6-12-18;;/h1-6,9-12,19-20,33-34H,7-8,13-16H2,(H,27,31,35)(H,28,32,36);2*1H2/t19-,20-;;/m0../s1. The van der Waals surface area contributed by atoms with E-state index in [1.165, 1.54) is 22.7 Å². The van der Waals surface area contributed by atoms with Crippen molar-refractivity contribution in [3.63, 3.8) is 0 Å². The minimum absolute atomic E-state index is 0. The Morgan fingerprint density at radius 1 is 0.650 bits per heavy atom. The average molecular weight is 621 g/mol. The number of anilines is 2. The highest BCUT2D eigenvalue weighted by Gasteiger charge is 2.19. The summed E-state index contributed by atoms with van der Waals surface area (Å²) in [5.74, 6) is -1.02. The summed E-state index contributed by atoms with van der Waals surface area (Å²) in [7, 11) is 0. The fourth-order valence-electron chi connectivity index (χ4n) is 3.60. The van der Waals surface area contributed by atoms with Gasteiger partial charge in [-0.25, -0.2) is 0 Å². The molecule has 0 unspecified atom stereocenters. The summed E-state index contributed by atoms with van der Waals surface area (Å²) >= 11 is 2.57. The number of unbranched alkanes of at least 4 members (excludes halogenated alkanes) is 1. The molecule has 0 aliphatic heterocycles. The van der Waals surface area contributed by atoms with E-state index >= 15 is 0 Å². The zero-order valence-corrected chi connectivity index (χ0v) is 25.1. The van der Waals surface area contributed by atoms with Gasteiger partial charge in [-0.1, -0.05) is 83.3 Å². The minimum atomic E-state index is -1.17. The van der Waals surface area contributed by atoms with Crippen molar-refractivity contribution in [2.45, 2.75) is 50.7 Å². The maximum absolute atomic E-state index is 12.3. The number of amides is 2. The van der Waals surface area contributed by atoms with Crippen molar-refractivity contribution in [3.8, 4) is 0 Å². The fourth-order valence-corrected chi connectivity index (χ4v) is 5.17. The third-order valence-electron chi connectivity index (χ3n) is 5.57. The molecule has 4 N–H and O–H groups in total. The normalized spacial score (nSPS) is 11.9. The van der Waals surface area contributed by atoms with Crippen molar-refractivity contribution in [2.24, 2.45) is 0 Å². The van der Waals surface area contributed by atoms with Gasteiger partial charge in [0.25, 0.3) is 11.8 Å². The van der Waals surface area contributed by atoms with Gasteiger partial charge < -0.3 is 10.2 Å². The van der Waals surface area contributed by atoms with E-state index in [9.17, 15) is 19.8 Å². The lowest BCUT2D eigenvalue weighted by atomic mass is 10.1. The van der Waals surface area contributed by atoms with Crippen molar-refractivity contribution in [3.05, 3.63) is 81.8 Å². The van der Waals surface area contributed by atoms with Gasteiger partial charge in [0, 0.05) is 25.7 Å². The Hall–Kier alpha value is -2.88. The van der Waals surface area contributed by atoms with Crippen LogP contribution in [0.5, 0.6) is 0 Å². The van der Waals surface area contributed by atoms with Crippen LogP contribution >= 0.6 is 49.7 Å². The molecule has 2 aromatic carbocycles. The van der Waals surface area contributed by atoms with Crippen LogP contribution in [0.15, 0.2) is 60.7 Å². The zero-order valence-electron chi connectivity index (χ0n) is 21.5. The Morgan fingerprint density at radius 2 is 1.02 bits per heavy atom. The first kappa shape index (κ1) is 33.3. The molecule has 14 heteroatoms. The van der Waals surface area contributed by atoms with Crippen molar-refractivity contribution < 1.29 is 19.8 Å². The maximum Gasteiger partial charge on any atom is 0.255 e. The van der Waals surface area contributed by atoms with Gasteiger partial charge in [0.2, 0.25) is 10.3 Å². The topological polar surface area (TPSA) is 150 Å². The molecule has 2 amide bonds. The Labute approximate surface area is 254 Å². The second-order valence-electron chi connectivity index (χ2n) is 8.60. The van der Waals surface area contributed by atoms with E-state index in [-0.39, 0.29) is 39.8 Å². The molecular formula is C26H32N6O4S4. The Balaban J connectivity index is 0.00000280. The maximum atomic E-state index is 12.3. The number of carbonyl (C=O) groups is 2. The Kier molecular flexibility index (Phi) is 14.2. The van der Waals surface area contributed by atoms with Crippen LogP contribution in [-0.2, 0) is 35.3 Å². The third-order valence-corrected chi connectivity index (χ3v) is 7.37. The van der Waals surface area contributed by atoms with Gasteiger partial charge in [-0.3, -0.25) is 20.2 Å². The average Bonchev–Trinajstić information content (AvgIpc) is 3.57. The van der Waals surface area contributed by atoms with Crippen molar-refractivity contribution in [1.82, 2.24) is 20.4 Å². The molecule has 214 valence electrons. The summed E-state index contributed by atoms with van der Waals surface area (Å²) < 4.78 is 0. The molecule has 0 saturated carbocycles. The highest BCUT2D eigenvalue weighted by Crippen LogP contribution is 2.21. The van der Waals surface area contributed by atoms with E-state index in [0.717, 1.165) is 34.0 Å². The first-order chi connectivity index (χ1) is 18.5. The molecule has 10 nitrogen and oxygen atoms in total. The number of hydrogen-bond acceptors (Lipinski definition) is 10. The number of aryl methyl sites for hydroxylation is 2. The van der Waals surface area contributed by atoms with E-state index in [0.29, 0.717) is 23.1 Å². The van der Waals surface area contributed by atoms with E-state index in [1.807, 2.05) is 60.7 Å². The monoisotopic (exact) mass is 620 g/mol. The molecule has 4 rings (SSSR count). The lowest BCUT2D eigenvalue weighted by Gasteiger charge is -2.09. The molecule has 0 saturated heterocycles. The smallest absolute Gasteiger partial charge is 0.255 e. The van der Waals surface area contributed by atoms with Crippen LogP contribution in [0.25, 0.3) is 0 Å². The number of rotatable bonds is 13. The third kappa shape index (κ3) is 10.6. The molecule has 0 fully saturated rings. The van der Waals surface area contributed by atoms with Crippen LogP contribution in [0, 0.1) is 0 Å². The molecule has 2 atom stereocenters. The van der Waals surface area contributed by atoms with Crippen LogP contribution in [0.1, 0.15) is 34.0 Å². The number of nitrogens with one attached hydrogen (secondary N) is 2. The molecule has 4 aromatic rings. The lowest BCUT2D eigenvalue weighted by Crippen LogP contribution is -2.29. The van der Waals surface area contributed by atoms with Crippen LogP contribution in [0.3, 0.4) is 0 Å². The molecule has 0 spiro atoms. The molecule has 0 aliphatic rings. The number of carbonyl (C=O) groups excluding carboxylic acids is 2. The molecule has 40 heavy (non-hydrogen) atoms. The van der Waals surface area contributed by atoms with Gasteiger partial charge >= 0.3 is 0 Å². The molecule has 0 radical (unpaired) electrons. The number of aliphatic hydroxyl groups is 2. The van der Waals surface area contributed by atoms with Crippen LogP contribution < -0.4 is 10.6 Å². The van der Waals surface area contributed by atoms with Crippen molar-refractivity contribution in [1.29, 1.82) is 0 Å². The summed E-state index contributed by atoms with van der Waals surface area (Å²) in [5.41, 5.74) is 1.75. The summed E-state index contributed by atoms with van der Waals surface area (Å²) in [5, 5.41) is 44.1. The van der Waals surface area contributed by atoms with Gasteiger partial charge in [-0.15, -0.1) is 20.4 Å². The number of aliphatic hydroxyl groups excluding tert-OH is 2. The molecular weight excluding hydrogens is 589 g/mol. The largest absolute Gasteiger partial charge is 0.383 e. The summed E-state index contributed by atoms with van der Waals surface area (Å²) in [6.07, 6.45) is 1.15. The first-order valence-electron chi connectivity index (χ1n) is 12.2. The summed E-state index contributed by atoms with van der Waals surface area (Å²) in [4.78, 5) is 24.5. The molecule has 0 bridgehead atoms. The van der Waals surface area contributed by atoms with E-state index in [1.54, 1.807) is 0 Å². The van der Waals surface area contributed by atoms with Crippen LogP contribution in [0.2, 0.25) is 0 Å². The molecule has 0 aliphatic carbocycles. The van der Waals surface area contributed by atoms with E-state index in [4.69, 9.17) is 0 Å². The Morgan fingerprint density at radius 3 is 1.40 bits per heavy atom. The zero-order chi connectivity index (χ0) is 26.7. The van der Waals surface area contributed by atoms with Crippen molar-refractivity contribution in [2.75, 3.05) is 10.6 Å². The number of aromatic nitrogens is 4. The SMILES string of the molecule is O=C(Nc1nnc(CCCCc2nnc(NC(=O)[C@@H](O)Cc3ccccc3)s2)s1)[C@@H](O)Cc1ccccc1.S.S. The highest BCUT2D eigenvalue weighted by molar-refractivity contribution is 7.59. The molecule has 2 heterocycles. The minimum Gasteiger partial charge on any atom is -0.383 e. The van der Waals surface area contributed by atoms with E-state index < -0.39 is 24.0 Å². The quantitative estimate of drug-likeness (QED) is 0.166. The Bertz CT molecular complexity index is 1220. The fraction of sp³-hybridized carbons (Fsp3) is 0.308.